The van der Waals surface area contributed by atoms with E-state index in [1.807, 2.05) is 25.4 Å². The van der Waals surface area contributed by atoms with Crippen molar-refractivity contribution in [2.45, 2.75) is 38.3 Å². The van der Waals surface area contributed by atoms with Crippen molar-refractivity contribution in [1.82, 2.24) is 15.2 Å². The van der Waals surface area contributed by atoms with Gasteiger partial charge in [-0.3, -0.25) is 4.98 Å². The molecule has 0 aliphatic heterocycles. The van der Waals surface area contributed by atoms with E-state index in [9.17, 15) is 0 Å². The van der Waals surface area contributed by atoms with Gasteiger partial charge in [0.15, 0.2) is 0 Å². The Bertz CT molecular complexity index is 323. The maximum Gasteiger partial charge on any atom is 0.0419 e. The summed E-state index contributed by atoms with van der Waals surface area (Å²) in [6.45, 7) is 4.54. The van der Waals surface area contributed by atoms with Crippen LogP contribution >= 0.6 is 0 Å². The van der Waals surface area contributed by atoms with Crippen LogP contribution in [0.2, 0.25) is 0 Å². The summed E-state index contributed by atoms with van der Waals surface area (Å²) in [4.78, 5) is 6.72. The molecule has 2 atom stereocenters. The Hall–Kier alpha value is -0.930. The van der Waals surface area contributed by atoms with Crippen LogP contribution in [0.25, 0.3) is 0 Å². The minimum atomic E-state index is 0.145. The van der Waals surface area contributed by atoms with Crippen LogP contribution < -0.4 is 5.32 Å². The number of hydrogen-bond acceptors (Lipinski definition) is 3. The average Bonchev–Trinajstić information content (AvgIpc) is 2.36. The highest BCUT2D eigenvalue weighted by Crippen LogP contribution is 2.23. The van der Waals surface area contributed by atoms with Crippen LogP contribution in [0.3, 0.4) is 0 Å². The molecule has 2 unspecified atom stereocenters. The van der Waals surface area contributed by atoms with Gasteiger partial charge >= 0.3 is 0 Å². The maximum absolute atomic E-state index is 4.42. The number of nitrogens with one attached hydrogen (secondary N) is 1. The minimum Gasteiger partial charge on any atom is -0.315 e. The molecule has 1 aromatic rings. The van der Waals surface area contributed by atoms with Gasteiger partial charge in [-0.25, -0.2) is 0 Å². The second-order valence-electron chi connectivity index (χ2n) is 4.97. The molecule has 0 saturated carbocycles. The van der Waals surface area contributed by atoms with Crippen LogP contribution in [0, 0.1) is 0 Å². The number of likely N-dealkylation sites (N-methyl/N-ethyl adjacent to an activating group) is 2. The summed E-state index contributed by atoms with van der Waals surface area (Å²) in [5.74, 6) is 0. The second kappa shape index (κ2) is 6.12. The molecule has 1 aromatic heterocycles. The van der Waals surface area contributed by atoms with E-state index >= 15 is 0 Å². The lowest BCUT2D eigenvalue weighted by atomic mass is 9.85. The first-order valence-corrected chi connectivity index (χ1v) is 6.29. The topological polar surface area (TPSA) is 28.2 Å². The summed E-state index contributed by atoms with van der Waals surface area (Å²) in [5.41, 5.74) is 1.29. The van der Waals surface area contributed by atoms with Crippen LogP contribution in [0.1, 0.15) is 26.0 Å². The molecule has 0 radical (unpaired) electrons. The third-order valence-electron chi connectivity index (χ3n) is 3.98. The first kappa shape index (κ1) is 14.1. The molecule has 0 aromatic carbocycles. The summed E-state index contributed by atoms with van der Waals surface area (Å²) >= 11 is 0. The number of aromatic nitrogens is 1. The monoisotopic (exact) mass is 235 g/mol. The SMILES string of the molecule is CCC(C)(C(Cc1ccccn1)NC)N(C)C. The van der Waals surface area contributed by atoms with E-state index in [2.05, 4.69) is 49.2 Å². The average molecular weight is 235 g/mol. The molecular weight excluding hydrogens is 210 g/mol. The van der Waals surface area contributed by atoms with Crippen LogP contribution in [-0.4, -0.2) is 42.6 Å². The molecule has 1 N–H and O–H groups in total. The zero-order valence-electron chi connectivity index (χ0n) is 11.7. The third-order valence-corrected chi connectivity index (χ3v) is 3.98. The Labute approximate surface area is 105 Å². The van der Waals surface area contributed by atoms with Gasteiger partial charge < -0.3 is 10.2 Å². The molecule has 0 bridgehead atoms. The molecule has 96 valence electrons. The second-order valence-corrected chi connectivity index (χ2v) is 4.97. The van der Waals surface area contributed by atoms with E-state index in [0.717, 1.165) is 18.5 Å². The Balaban J connectivity index is 2.84. The highest BCUT2D eigenvalue weighted by atomic mass is 15.2. The minimum absolute atomic E-state index is 0.145. The van der Waals surface area contributed by atoms with Crippen LogP contribution in [0.15, 0.2) is 24.4 Å². The molecular formula is C14H25N3. The van der Waals surface area contributed by atoms with Crippen molar-refractivity contribution in [3.63, 3.8) is 0 Å². The van der Waals surface area contributed by atoms with Crippen LogP contribution in [0.5, 0.6) is 0 Å². The van der Waals surface area contributed by atoms with Crippen LogP contribution in [-0.2, 0) is 6.42 Å². The number of nitrogens with zero attached hydrogens (tertiary/aromatic N) is 2. The van der Waals surface area contributed by atoms with Gasteiger partial charge in [0.25, 0.3) is 0 Å². The van der Waals surface area contributed by atoms with Crippen molar-refractivity contribution in [3.8, 4) is 0 Å². The molecule has 0 saturated heterocycles. The largest absolute Gasteiger partial charge is 0.315 e. The Kier molecular flexibility index (Phi) is 5.09. The molecule has 0 aliphatic carbocycles. The number of pyridine rings is 1. The normalized spacial score (nSPS) is 16.8. The molecule has 0 fully saturated rings. The fourth-order valence-electron chi connectivity index (χ4n) is 2.24. The molecule has 1 rings (SSSR count). The fourth-order valence-corrected chi connectivity index (χ4v) is 2.24. The van der Waals surface area contributed by atoms with Gasteiger partial charge in [-0.05, 0) is 46.6 Å². The Morgan fingerprint density at radius 1 is 1.41 bits per heavy atom. The van der Waals surface area contributed by atoms with Gasteiger partial charge in [0.2, 0.25) is 0 Å². The highest BCUT2D eigenvalue weighted by Gasteiger charge is 2.33. The lowest BCUT2D eigenvalue weighted by Gasteiger charge is -2.42. The third kappa shape index (κ3) is 3.27. The number of hydrogen-bond donors (Lipinski definition) is 1. The van der Waals surface area contributed by atoms with Crippen molar-refractivity contribution in [3.05, 3.63) is 30.1 Å². The van der Waals surface area contributed by atoms with Crippen molar-refractivity contribution < 1.29 is 0 Å². The molecule has 3 heteroatoms. The fraction of sp³-hybridized carbons (Fsp3) is 0.643. The zero-order valence-corrected chi connectivity index (χ0v) is 11.7. The quantitative estimate of drug-likeness (QED) is 0.817. The van der Waals surface area contributed by atoms with E-state index in [1.54, 1.807) is 0 Å². The first-order valence-electron chi connectivity index (χ1n) is 6.29. The number of rotatable bonds is 6. The van der Waals surface area contributed by atoms with E-state index in [0.29, 0.717) is 6.04 Å². The van der Waals surface area contributed by atoms with Gasteiger partial charge in [-0.1, -0.05) is 13.0 Å². The predicted molar refractivity (Wildman–Crippen MR) is 73.2 cm³/mol. The lowest BCUT2D eigenvalue weighted by molar-refractivity contribution is 0.116. The standard InChI is InChI=1S/C14H25N3/c1-6-14(2,17(4)5)13(15-3)11-12-9-7-8-10-16-12/h7-10,13,15H,6,11H2,1-5H3. The Morgan fingerprint density at radius 2 is 2.12 bits per heavy atom. The highest BCUT2D eigenvalue weighted by molar-refractivity contribution is 5.08. The molecule has 17 heavy (non-hydrogen) atoms. The summed E-state index contributed by atoms with van der Waals surface area (Å²) in [6.07, 6.45) is 3.93. The van der Waals surface area contributed by atoms with Crippen molar-refractivity contribution in [2.24, 2.45) is 0 Å². The van der Waals surface area contributed by atoms with Gasteiger partial charge in [0.1, 0.15) is 0 Å². The summed E-state index contributed by atoms with van der Waals surface area (Å²) in [6, 6.07) is 6.50. The van der Waals surface area contributed by atoms with Gasteiger partial charge in [0, 0.05) is 29.9 Å². The van der Waals surface area contributed by atoms with Crippen molar-refractivity contribution in [2.75, 3.05) is 21.1 Å². The summed E-state index contributed by atoms with van der Waals surface area (Å²) < 4.78 is 0. The summed E-state index contributed by atoms with van der Waals surface area (Å²) in [5, 5.41) is 3.44. The van der Waals surface area contributed by atoms with Gasteiger partial charge in [-0.15, -0.1) is 0 Å². The van der Waals surface area contributed by atoms with Gasteiger partial charge in [0.05, 0.1) is 0 Å². The van der Waals surface area contributed by atoms with Crippen molar-refractivity contribution >= 4 is 0 Å². The summed E-state index contributed by atoms with van der Waals surface area (Å²) in [7, 11) is 6.32. The van der Waals surface area contributed by atoms with Crippen molar-refractivity contribution in [1.29, 1.82) is 0 Å². The lowest BCUT2D eigenvalue weighted by Crippen LogP contribution is -2.57. The first-order chi connectivity index (χ1) is 8.04. The zero-order chi connectivity index (χ0) is 12.9. The predicted octanol–water partition coefficient (Wildman–Crippen LogP) is 1.94. The van der Waals surface area contributed by atoms with E-state index in [4.69, 9.17) is 0 Å². The maximum atomic E-state index is 4.42. The Morgan fingerprint density at radius 3 is 2.53 bits per heavy atom. The molecule has 3 nitrogen and oxygen atoms in total. The van der Waals surface area contributed by atoms with E-state index in [1.165, 1.54) is 0 Å². The molecule has 0 spiro atoms. The molecule has 0 aliphatic rings. The molecule has 0 amide bonds. The van der Waals surface area contributed by atoms with Gasteiger partial charge in [-0.2, -0.15) is 0 Å². The van der Waals surface area contributed by atoms with E-state index in [-0.39, 0.29) is 5.54 Å². The van der Waals surface area contributed by atoms with E-state index < -0.39 is 0 Å². The van der Waals surface area contributed by atoms with Crippen LogP contribution in [0.4, 0.5) is 0 Å². The smallest absolute Gasteiger partial charge is 0.0419 e. The molecule has 1 heterocycles.